The van der Waals surface area contributed by atoms with Gasteiger partial charge in [0.1, 0.15) is 11.6 Å². The number of methoxy groups -OCH3 is 1. The molecule has 0 radical (unpaired) electrons. The van der Waals surface area contributed by atoms with Crippen molar-refractivity contribution in [3.63, 3.8) is 0 Å². The first kappa shape index (κ1) is 32.8. The van der Waals surface area contributed by atoms with Gasteiger partial charge >= 0.3 is 6.09 Å². The molecule has 1 aromatic heterocycles. The summed E-state index contributed by atoms with van der Waals surface area (Å²) in [5.74, 6) is 4.32. The van der Waals surface area contributed by atoms with E-state index in [1.807, 2.05) is 0 Å². The number of hydrazine groups is 1. The summed E-state index contributed by atoms with van der Waals surface area (Å²) < 4.78 is 61.7. The molecule has 2 heterocycles. The predicted octanol–water partition coefficient (Wildman–Crippen LogP) is 5.97. The van der Waals surface area contributed by atoms with Crippen molar-refractivity contribution in [2.24, 2.45) is 5.84 Å². The van der Waals surface area contributed by atoms with E-state index in [9.17, 15) is 22.4 Å². The van der Waals surface area contributed by atoms with Crippen LogP contribution in [0.3, 0.4) is 0 Å². The van der Waals surface area contributed by atoms with Crippen LogP contribution in [0.25, 0.3) is 10.8 Å². The number of nitrogens with one attached hydrogen (secondary N) is 1. The molecule has 1 saturated heterocycles. The largest absolute Gasteiger partial charge is 0.453 e. The number of halogens is 2. The molecular weight excluding hydrogens is 616 g/mol. The molecule has 2 amide bonds. The Bertz CT molecular complexity index is 1920. The summed E-state index contributed by atoms with van der Waals surface area (Å²) in [6, 6.07) is 11.1. The van der Waals surface area contributed by atoms with Gasteiger partial charge in [-0.2, -0.15) is 0 Å². The van der Waals surface area contributed by atoms with Crippen molar-refractivity contribution < 1.29 is 31.5 Å². The Kier molecular flexibility index (Phi) is 9.27. The van der Waals surface area contributed by atoms with E-state index in [4.69, 9.17) is 10.6 Å². The molecule has 3 aromatic carbocycles. The highest BCUT2D eigenvalue weighted by molar-refractivity contribution is 7.92. The number of hydrogen-bond donors (Lipinski definition) is 2. The fraction of sp³-hybridized carbons (Fsp3) is 0.303. The van der Waals surface area contributed by atoms with Gasteiger partial charge in [-0.25, -0.2) is 27.8 Å². The Morgan fingerprint density at radius 3 is 2.54 bits per heavy atom. The second-order valence-corrected chi connectivity index (χ2v) is 14.0. The molecule has 1 aliphatic rings. The van der Waals surface area contributed by atoms with Crippen molar-refractivity contribution in [3.05, 3.63) is 95.3 Å². The van der Waals surface area contributed by atoms with E-state index in [1.54, 1.807) is 50.5 Å². The average Bonchev–Trinajstić information content (AvgIpc) is 3.53. The summed E-state index contributed by atoms with van der Waals surface area (Å²) in [6.45, 7) is 4.79. The lowest BCUT2D eigenvalue weighted by Crippen LogP contribution is -2.46. The minimum Gasteiger partial charge on any atom is -0.453 e. The van der Waals surface area contributed by atoms with Crippen LogP contribution in [0, 0.1) is 18.6 Å². The van der Waals surface area contributed by atoms with E-state index in [1.165, 1.54) is 43.2 Å². The molecule has 46 heavy (non-hydrogen) atoms. The topological polar surface area (TPSA) is 135 Å². The molecule has 1 aliphatic heterocycles. The number of ether oxygens (including phenoxy) is 1. The maximum atomic E-state index is 15.6. The molecule has 0 bridgehead atoms. The molecule has 3 N–H and O–H groups in total. The number of anilines is 2. The van der Waals surface area contributed by atoms with Crippen LogP contribution in [0.2, 0.25) is 0 Å². The van der Waals surface area contributed by atoms with Crippen LogP contribution < -0.4 is 16.2 Å². The lowest BCUT2D eigenvalue weighted by Gasteiger charge is -2.35. The van der Waals surface area contributed by atoms with Crippen LogP contribution in [0.1, 0.15) is 55.5 Å². The lowest BCUT2D eigenvalue weighted by atomic mass is 9.98. The first-order valence-electron chi connectivity index (χ1n) is 14.7. The van der Waals surface area contributed by atoms with E-state index in [2.05, 4.69) is 10.3 Å². The number of likely N-dealkylation sites (tertiary alicyclic amines) is 1. The first-order valence-corrected chi connectivity index (χ1v) is 16.2. The number of nitrogens with zero attached hydrogens (tertiary/aromatic N) is 3. The summed E-state index contributed by atoms with van der Waals surface area (Å²) in [5.41, 5.74) is 0.943. The molecule has 0 spiro atoms. The Hall–Kier alpha value is -4.62. The van der Waals surface area contributed by atoms with Crippen molar-refractivity contribution in [3.8, 4) is 0 Å². The zero-order valence-corrected chi connectivity index (χ0v) is 26.6. The van der Waals surface area contributed by atoms with E-state index in [0.29, 0.717) is 24.1 Å². The molecule has 13 heteroatoms. The van der Waals surface area contributed by atoms with Crippen LogP contribution in [0.15, 0.2) is 71.9 Å². The molecule has 0 aliphatic carbocycles. The van der Waals surface area contributed by atoms with Crippen molar-refractivity contribution in [2.75, 3.05) is 24.0 Å². The van der Waals surface area contributed by atoms with Gasteiger partial charge in [0.15, 0.2) is 15.9 Å². The number of fused-ring (bicyclic) bond motifs is 1. The molecule has 1 fully saturated rings. The number of aryl methyl sites for hydroxylation is 1. The van der Waals surface area contributed by atoms with Crippen LogP contribution in [-0.2, 0) is 19.4 Å². The number of carbonyl (C=O) groups is 2. The third kappa shape index (κ3) is 6.24. The summed E-state index contributed by atoms with van der Waals surface area (Å²) in [5, 5.41) is 4.53. The van der Waals surface area contributed by atoms with Gasteiger partial charge in [0, 0.05) is 41.6 Å². The second-order valence-electron chi connectivity index (χ2n) is 11.5. The van der Waals surface area contributed by atoms with Gasteiger partial charge in [-0.05, 0) is 92.6 Å². The van der Waals surface area contributed by atoms with Gasteiger partial charge < -0.3 is 9.64 Å². The number of hydrogen-bond acceptors (Lipinski definition) is 8. The lowest BCUT2D eigenvalue weighted by molar-refractivity contribution is -0.134. The van der Waals surface area contributed by atoms with Crippen molar-refractivity contribution >= 4 is 44.0 Å². The van der Waals surface area contributed by atoms with E-state index < -0.39 is 50.8 Å². The molecule has 242 valence electrons. The minimum absolute atomic E-state index is 0.00992. The summed E-state index contributed by atoms with van der Waals surface area (Å²) in [7, 11) is -2.64. The highest BCUT2D eigenvalue weighted by Crippen LogP contribution is 2.41. The second kappa shape index (κ2) is 13.0. The average molecular weight is 652 g/mol. The van der Waals surface area contributed by atoms with E-state index >= 15 is 4.39 Å². The van der Waals surface area contributed by atoms with E-state index in [0.717, 1.165) is 21.8 Å². The standard InChI is InChI=1S/C33H35F2N5O5S/c1-19(2)46(43,44)30-10-8-23(38-33(42)45-4)16-26(30)29-6-5-13-39(29)32(41)31(25-14-20(3)27(34)17-28(25)35)40(36)24-9-7-22-18-37-12-11-21(22)15-24/h7-12,14-19,29,31H,5-6,13,36H2,1-4H3,(H,38,42)/t29-,31-/m1/s1. The molecule has 0 saturated carbocycles. The predicted molar refractivity (Wildman–Crippen MR) is 171 cm³/mol. The maximum absolute atomic E-state index is 15.6. The Labute approximate surface area is 266 Å². The number of nitrogens with two attached hydrogens (primary N) is 1. The number of pyridine rings is 1. The van der Waals surface area contributed by atoms with Gasteiger partial charge in [-0.3, -0.25) is 20.1 Å². The SMILES string of the molecule is COC(=O)Nc1ccc(S(=O)(=O)C(C)C)c([C@H]2CCCN2C(=O)[C@@H](c2cc(C)c(F)cc2F)N(N)c2ccc3cnccc3c2)c1. The first-order chi connectivity index (χ1) is 21.8. The summed E-state index contributed by atoms with van der Waals surface area (Å²) in [6.07, 6.45) is 3.43. The van der Waals surface area contributed by atoms with E-state index in [-0.39, 0.29) is 28.3 Å². The van der Waals surface area contributed by atoms with Crippen LogP contribution >= 0.6 is 0 Å². The molecular formula is C33H35F2N5O5S. The van der Waals surface area contributed by atoms with Crippen LogP contribution in [0.5, 0.6) is 0 Å². The third-order valence-corrected chi connectivity index (χ3v) is 10.5. The van der Waals surface area contributed by atoms with Gasteiger partial charge in [0.25, 0.3) is 5.91 Å². The van der Waals surface area contributed by atoms with Crippen molar-refractivity contribution in [2.45, 2.75) is 55.8 Å². The van der Waals surface area contributed by atoms with Crippen molar-refractivity contribution in [1.82, 2.24) is 9.88 Å². The van der Waals surface area contributed by atoms with Crippen molar-refractivity contribution in [1.29, 1.82) is 0 Å². The molecule has 5 rings (SSSR count). The quantitative estimate of drug-likeness (QED) is 0.176. The highest BCUT2D eigenvalue weighted by Gasteiger charge is 2.40. The summed E-state index contributed by atoms with van der Waals surface area (Å²) in [4.78, 5) is 32.3. The normalized spacial score (nSPS) is 15.7. The Morgan fingerprint density at radius 2 is 1.83 bits per heavy atom. The number of amides is 2. The van der Waals surface area contributed by atoms with Crippen LogP contribution in [0.4, 0.5) is 25.0 Å². The number of rotatable bonds is 8. The third-order valence-electron chi connectivity index (χ3n) is 8.27. The fourth-order valence-electron chi connectivity index (χ4n) is 5.75. The summed E-state index contributed by atoms with van der Waals surface area (Å²) >= 11 is 0. The molecule has 4 aromatic rings. The number of benzene rings is 3. The molecule has 2 atom stereocenters. The zero-order chi connectivity index (χ0) is 33.3. The Morgan fingerprint density at radius 1 is 1.07 bits per heavy atom. The fourth-order valence-corrected chi connectivity index (χ4v) is 7.04. The zero-order valence-electron chi connectivity index (χ0n) is 25.8. The van der Waals surface area contributed by atoms with Crippen LogP contribution in [-0.4, -0.2) is 49.2 Å². The maximum Gasteiger partial charge on any atom is 0.411 e. The smallest absolute Gasteiger partial charge is 0.411 e. The number of carbonyl (C=O) groups excluding carboxylic acids is 2. The molecule has 0 unspecified atom stereocenters. The van der Waals surface area contributed by atoms with Gasteiger partial charge in [0.05, 0.1) is 29.0 Å². The Balaban J connectivity index is 1.64. The van der Waals surface area contributed by atoms with Gasteiger partial charge in [-0.1, -0.05) is 6.07 Å². The monoisotopic (exact) mass is 651 g/mol. The minimum atomic E-state index is -3.84. The van der Waals surface area contributed by atoms with Gasteiger partial charge in [0.2, 0.25) is 0 Å². The highest BCUT2D eigenvalue weighted by atomic mass is 32.2. The number of sulfone groups is 1. The number of aromatic nitrogens is 1. The molecule has 10 nitrogen and oxygen atoms in total. The van der Waals surface area contributed by atoms with Gasteiger partial charge in [-0.15, -0.1) is 0 Å².